The van der Waals surface area contributed by atoms with E-state index in [1.54, 1.807) is 0 Å². The molecule has 0 spiro atoms. The normalized spacial score (nSPS) is 9.86. The molecule has 1 rings (SSSR count). The SMILES string of the molecule is CCCNc1nc(C)ccc1C(N)=S. The minimum atomic E-state index is 0.385. The van der Waals surface area contributed by atoms with Crippen LogP contribution in [0, 0.1) is 6.92 Å². The van der Waals surface area contributed by atoms with Gasteiger partial charge >= 0.3 is 0 Å². The Morgan fingerprint density at radius 2 is 2.29 bits per heavy atom. The minimum absolute atomic E-state index is 0.385. The van der Waals surface area contributed by atoms with Crippen LogP contribution in [0.25, 0.3) is 0 Å². The molecule has 0 fully saturated rings. The maximum absolute atomic E-state index is 5.59. The van der Waals surface area contributed by atoms with Gasteiger partial charge in [0.2, 0.25) is 0 Å². The summed E-state index contributed by atoms with van der Waals surface area (Å²) in [5.74, 6) is 0.791. The molecule has 0 saturated heterocycles. The molecule has 0 amide bonds. The molecule has 4 heteroatoms. The van der Waals surface area contributed by atoms with Gasteiger partial charge in [0, 0.05) is 12.2 Å². The highest BCUT2D eigenvalue weighted by Crippen LogP contribution is 2.13. The summed E-state index contributed by atoms with van der Waals surface area (Å²) in [6, 6.07) is 3.81. The number of hydrogen-bond acceptors (Lipinski definition) is 3. The number of anilines is 1. The fourth-order valence-corrected chi connectivity index (χ4v) is 1.30. The molecule has 0 radical (unpaired) electrons. The van der Waals surface area contributed by atoms with Crippen molar-refractivity contribution in [1.29, 1.82) is 0 Å². The lowest BCUT2D eigenvalue weighted by Gasteiger charge is -2.09. The number of pyridine rings is 1. The van der Waals surface area contributed by atoms with Gasteiger partial charge in [-0.1, -0.05) is 19.1 Å². The topological polar surface area (TPSA) is 50.9 Å². The van der Waals surface area contributed by atoms with Crippen molar-refractivity contribution in [2.24, 2.45) is 5.73 Å². The highest BCUT2D eigenvalue weighted by molar-refractivity contribution is 7.80. The van der Waals surface area contributed by atoms with Crippen molar-refractivity contribution in [3.63, 3.8) is 0 Å². The first-order valence-electron chi connectivity index (χ1n) is 4.66. The van der Waals surface area contributed by atoms with E-state index in [2.05, 4.69) is 17.2 Å². The highest BCUT2D eigenvalue weighted by Gasteiger charge is 2.05. The Morgan fingerprint density at radius 3 is 2.86 bits per heavy atom. The van der Waals surface area contributed by atoms with Gasteiger partial charge in [0.15, 0.2) is 0 Å². The lowest BCUT2D eigenvalue weighted by atomic mass is 10.2. The van der Waals surface area contributed by atoms with E-state index in [1.807, 2.05) is 19.1 Å². The van der Waals surface area contributed by atoms with Crippen LogP contribution >= 0.6 is 12.2 Å². The summed E-state index contributed by atoms with van der Waals surface area (Å²) in [7, 11) is 0. The zero-order valence-electron chi connectivity index (χ0n) is 8.50. The molecule has 0 aliphatic heterocycles. The van der Waals surface area contributed by atoms with E-state index in [0.29, 0.717) is 4.99 Å². The molecule has 0 aliphatic carbocycles. The van der Waals surface area contributed by atoms with Crippen molar-refractivity contribution in [1.82, 2.24) is 4.98 Å². The molecule has 1 aromatic heterocycles. The molecule has 3 nitrogen and oxygen atoms in total. The van der Waals surface area contributed by atoms with Crippen LogP contribution in [0.1, 0.15) is 24.6 Å². The maximum Gasteiger partial charge on any atom is 0.136 e. The number of thiocarbonyl (C=S) groups is 1. The number of aromatic nitrogens is 1. The molecule has 76 valence electrons. The molecule has 0 bridgehead atoms. The standard InChI is InChI=1S/C10H15N3S/c1-3-6-12-10-8(9(11)14)5-4-7(2)13-10/h4-5H,3,6H2,1-2H3,(H2,11,14)(H,12,13). The number of nitrogens with zero attached hydrogens (tertiary/aromatic N) is 1. The Bertz CT molecular complexity index is 336. The predicted molar refractivity (Wildman–Crippen MR) is 63.6 cm³/mol. The van der Waals surface area contributed by atoms with Crippen molar-refractivity contribution in [2.75, 3.05) is 11.9 Å². The van der Waals surface area contributed by atoms with Crippen LogP contribution in [0.5, 0.6) is 0 Å². The maximum atomic E-state index is 5.59. The zero-order valence-corrected chi connectivity index (χ0v) is 9.32. The third-order valence-electron chi connectivity index (χ3n) is 1.84. The fraction of sp³-hybridized carbons (Fsp3) is 0.400. The van der Waals surface area contributed by atoms with E-state index in [4.69, 9.17) is 18.0 Å². The van der Waals surface area contributed by atoms with Crippen molar-refractivity contribution >= 4 is 23.0 Å². The van der Waals surface area contributed by atoms with Crippen LogP contribution in [0.2, 0.25) is 0 Å². The van der Waals surface area contributed by atoms with Gasteiger partial charge in [-0.3, -0.25) is 0 Å². The molecule has 1 aromatic rings. The Labute approximate surface area is 89.7 Å². The largest absolute Gasteiger partial charge is 0.389 e. The molecule has 0 aliphatic rings. The van der Waals surface area contributed by atoms with Crippen molar-refractivity contribution < 1.29 is 0 Å². The minimum Gasteiger partial charge on any atom is -0.389 e. The Hall–Kier alpha value is -1.16. The van der Waals surface area contributed by atoms with Crippen LogP contribution in [-0.2, 0) is 0 Å². The Kier molecular flexibility index (Phi) is 3.83. The van der Waals surface area contributed by atoms with Crippen LogP contribution < -0.4 is 11.1 Å². The zero-order chi connectivity index (χ0) is 10.6. The second-order valence-corrected chi connectivity index (χ2v) is 3.58. The molecule has 1 heterocycles. The smallest absolute Gasteiger partial charge is 0.136 e. The first-order chi connectivity index (χ1) is 6.65. The fourth-order valence-electron chi connectivity index (χ4n) is 1.13. The van der Waals surface area contributed by atoms with Crippen molar-refractivity contribution in [3.05, 3.63) is 23.4 Å². The number of rotatable bonds is 4. The molecular formula is C10H15N3S. The van der Waals surface area contributed by atoms with Gasteiger partial charge < -0.3 is 11.1 Å². The first kappa shape index (κ1) is 10.9. The summed E-state index contributed by atoms with van der Waals surface area (Å²) in [6.07, 6.45) is 1.05. The van der Waals surface area contributed by atoms with Crippen LogP contribution in [0.4, 0.5) is 5.82 Å². The second kappa shape index (κ2) is 4.91. The number of nitrogens with two attached hydrogens (primary N) is 1. The van der Waals surface area contributed by atoms with E-state index in [0.717, 1.165) is 30.0 Å². The number of hydrogen-bond donors (Lipinski definition) is 2. The molecular weight excluding hydrogens is 194 g/mol. The van der Waals surface area contributed by atoms with E-state index in [9.17, 15) is 0 Å². The van der Waals surface area contributed by atoms with Crippen LogP contribution in [0.15, 0.2) is 12.1 Å². The summed E-state index contributed by atoms with van der Waals surface area (Å²) >= 11 is 4.94. The summed E-state index contributed by atoms with van der Waals surface area (Å²) in [6.45, 7) is 4.93. The van der Waals surface area contributed by atoms with E-state index in [-0.39, 0.29) is 0 Å². The van der Waals surface area contributed by atoms with E-state index in [1.165, 1.54) is 0 Å². The Balaban J connectivity index is 2.97. The van der Waals surface area contributed by atoms with Gasteiger partial charge in [-0.2, -0.15) is 0 Å². The third kappa shape index (κ3) is 2.67. The van der Waals surface area contributed by atoms with Crippen molar-refractivity contribution in [2.45, 2.75) is 20.3 Å². The van der Waals surface area contributed by atoms with Gasteiger partial charge in [-0.15, -0.1) is 0 Å². The van der Waals surface area contributed by atoms with Gasteiger partial charge in [-0.05, 0) is 25.5 Å². The summed E-state index contributed by atoms with van der Waals surface area (Å²) in [5, 5.41) is 3.21. The Morgan fingerprint density at radius 1 is 1.57 bits per heavy atom. The highest BCUT2D eigenvalue weighted by atomic mass is 32.1. The average Bonchev–Trinajstić information content (AvgIpc) is 2.14. The van der Waals surface area contributed by atoms with E-state index < -0.39 is 0 Å². The quantitative estimate of drug-likeness (QED) is 0.743. The van der Waals surface area contributed by atoms with Gasteiger partial charge in [-0.25, -0.2) is 4.98 Å². The molecule has 0 aromatic carbocycles. The van der Waals surface area contributed by atoms with E-state index >= 15 is 0 Å². The lowest BCUT2D eigenvalue weighted by molar-refractivity contribution is 0.965. The monoisotopic (exact) mass is 209 g/mol. The van der Waals surface area contributed by atoms with Crippen molar-refractivity contribution in [3.8, 4) is 0 Å². The summed E-state index contributed by atoms with van der Waals surface area (Å²) in [4.78, 5) is 4.74. The lowest BCUT2D eigenvalue weighted by Crippen LogP contribution is -2.15. The van der Waals surface area contributed by atoms with Crippen LogP contribution in [0.3, 0.4) is 0 Å². The van der Waals surface area contributed by atoms with Gasteiger partial charge in [0.1, 0.15) is 10.8 Å². The molecule has 0 unspecified atom stereocenters. The van der Waals surface area contributed by atoms with Gasteiger partial charge in [0.05, 0.1) is 5.56 Å². The number of nitrogens with one attached hydrogen (secondary N) is 1. The molecule has 14 heavy (non-hydrogen) atoms. The average molecular weight is 209 g/mol. The van der Waals surface area contributed by atoms with Crippen LogP contribution in [-0.4, -0.2) is 16.5 Å². The predicted octanol–water partition coefficient (Wildman–Crippen LogP) is 1.85. The molecule has 3 N–H and O–H groups in total. The summed E-state index contributed by atoms with van der Waals surface area (Å²) in [5.41, 5.74) is 7.37. The first-order valence-corrected chi connectivity index (χ1v) is 5.07. The number of aryl methyl sites for hydroxylation is 1. The third-order valence-corrected chi connectivity index (χ3v) is 2.06. The summed E-state index contributed by atoms with van der Waals surface area (Å²) < 4.78 is 0. The molecule has 0 atom stereocenters. The second-order valence-electron chi connectivity index (χ2n) is 3.14. The van der Waals surface area contributed by atoms with Gasteiger partial charge in [0.25, 0.3) is 0 Å². The molecule has 0 saturated carbocycles.